The quantitative estimate of drug-likeness (QED) is 0.607. The zero-order valence-electron chi connectivity index (χ0n) is 15.7. The van der Waals surface area contributed by atoms with Crippen molar-refractivity contribution in [3.05, 3.63) is 51.4 Å². The van der Waals surface area contributed by atoms with Crippen molar-refractivity contribution in [2.24, 2.45) is 0 Å². The summed E-state index contributed by atoms with van der Waals surface area (Å²) in [6, 6.07) is 6.48. The highest BCUT2D eigenvalue weighted by atomic mass is 32.1. The number of hydrogen-bond donors (Lipinski definition) is 2. The van der Waals surface area contributed by atoms with Gasteiger partial charge in [0.2, 0.25) is 0 Å². The minimum Gasteiger partial charge on any atom is -0.462 e. The first-order chi connectivity index (χ1) is 12.9. The van der Waals surface area contributed by atoms with Gasteiger partial charge in [0.1, 0.15) is 11.5 Å². The van der Waals surface area contributed by atoms with Crippen molar-refractivity contribution in [3.63, 3.8) is 0 Å². The van der Waals surface area contributed by atoms with Gasteiger partial charge in [-0.1, -0.05) is 12.1 Å². The van der Waals surface area contributed by atoms with Gasteiger partial charge >= 0.3 is 5.97 Å². The van der Waals surface area contributed by atoms with Crippen molar-refractivity contribution in [3.8, 4) is 0 Å². The number of quaternary nitrogens is 1. The maximum atomic E-state index is 12.7. The first kappa shape index (κ1) is 19.3. The molecule has 6 nitrogen and oxygen atoms in total. The molecule has 1 unspecified atom stereocenters. The predicted molar refractivity (Wildman–Crippen MR) is 104 cm³/mol. The Hall–Kier alpha value is -2.51. The number of benzene rings is 1. The van der Waals surface area contributed by atoms with E-state index in [1.807, 2.05) is 0 Å². The number of carbonyl (C=O) groups excluding carboxylic acids is 3. The predicted octanol–water partition coefficient (Wildman–Crippen LogP) is 1.95. The second kappa shape index (κ2) is 8.02. The number of carbonyl (C=O) groups is 3. The Morgan fingerprint density at radius 1 is 1.19 bits per heavy atom. The van der Waals surface area contributed by atoms with Crippen LogP contribution in [0.4, 0.5) is 5.00 Å². The third kappa shape index (κ3) is 4.09. The standard InChI is InChI=1S/C20H22N2O4S/c1-4-26-20(25)17-15-9-10-22(3)11-16(15)27-19(17)21-18(24)14-7-5-13(6-8-14)12(2)23/h5-8H,4,9-11H2,1-3H3,(H,21,24)/p+1. The number of hydrogen-bond acceptors (Lipinski definition) is 5. The number of amides is 1. The molecule has 0 bridgehead atoms. The lowest BCUT2D eigenvalue weighted by Gasteiger charge is -2.19. The van der Waals surface area contributed by atoms with Crippen LogP contribution in [0, 0.1) is 0 Å². The van der Waals surface area contributed by atoms with E-state index in [2.05, 4.69) is 12.4 Å². The van der Waals surface area contributed by atoms with Gasteiger partial charge in [-0.25, -0.2) is 4.79 Å². The zero-order valence-corrected chi connectivity index (χ0v) is 16.5. The van der Waals surface area contributed by atoms with Gasteiger partial charge in [-0.2, -0.15) is 0 Å². The van der Waals surface area contributed by atoms with Crippen molar-refractivity contribution >= 4 is 34.0 Å². The lowest BCUT2D eigenvalue weighted by molar-refractivity contribution is -0.895. The normalized spacial score (nSPS) is 15.7. The highest BCUT2D eigenvalue weighted by Gasteiger charge is 2.30. The largest absolute Gasteiger partial charge is 0.462 e. The molecule has 27 heavy (non-hydrogen) atoms. The number of rotatable bonds is 5. The molecular formula is C20H23N2O4S+. The summed E-state index contributed by atoms with van der Waals surface area (Å²) in [4.78, 5) is 39.0. The number of thiophene rings is 1. The Kier molecular flexibility index (Phi) is 5.72. The van der Waals surface area contributed by atoms with Gasteiger partial charge in [0, 0.05) is 17.5 Å². The fraction of sp³-hybridized carbons (Fsp3) is 0.350. The number of ketones is 1. The highest BCUT2D eigenvalue weighted by molar-refractivity contribution is 7.17. The van der Waals surface area contributed by atoms with E-state index in [-0.39, 0.29) is 18.3 Å². The van der Waals surface area contributed by atoms with Gasteiger partial charge in [0.15, 0.2) is 5.78 Å². The third-order valence-electron chi connectivity index (χ3n) is 4.62. The number of likely N-dealkylation sites (N-methyl/N-ethyl adjacent to an activating group) is 1. The summed E-state index contributed by atoms with van der Waals surface area (Å²) < 4.78 is 5.22. The Bertz CT molecular complexity index is 886. The summed E-state index contributed by atoms with van der Waals surface area (Å²) in [7, 11) is 2.11. The molecule has 2 N–H and O–H groups in total. The molecule has 1 aromatic carbocycles. The van der Waals surface area contributed by atoms with Gasteiger partial charge in [-0.15, -0.1) is 11.3 Å². The molecule has 0 saturated carbocycles. The first-order valence-corrected chi connectivity index (χ1v) is 9.77. The van der Waals surface area contributed by atoms with Crippen LogP contribution in [0.3, 0.4) is 0 Å². The lowest BCUT2D eigenvalue weighted by Crippen LogP contribution is -3.08. The van der Waals surface area contributed by atoms with E-state index >= 15 is 0 Å². The summed E-state index contributed by atoms with van der Waals surface area (Å²) in [5, 5.41) is 3.41. The van der Waals surface area contributed by atoms with E-state index in [4.69, 9.17) is 4.74 Å². The van der Waals surface area contributed by atoms with Crippen LogP contribution in [0.25, 0.3) is 0 Å². The average molecular weight is 387 g/mol. The van der Waals surface area contributed by atoms with Crippen LogP contribution in [0.1, 0.15) is 55.4 Å². The Morgan fingerprint density at radius 2 is 1.85 bits per heavy atom. The molecule has 7 heteroatoms. The van der Waals surface area contributed by atoms with Gasteiger partial charge in [0.25, 0.3) is 5.91 Å². The van der Waals surface area contributed by atoms with Crippen LogP contribution in [-0.4, -0.2) is 37.9 Å². The van der Waals surface area contributed by atoms with Crippen molar-refractivity contribution in [2.75, 3.05) is 25.5 Å². The molecule has 0 radical (unpaired) electrons. The van der Waals surface area contributed by atoms with Gasteiger partial charge in [-0.05, 0) is 31.5 Å². The number of nitrogens with one attached hydrogen (secondary N) is 2. The molecule has 0 aliphatic carbocycles. The molecule has 0 saturated heterocycles. The first-order valence-electron chi connectivity index (χ1n) is 8.96. The molecule has 0 spiro atoms. The Morgan fingerprint density at radius 3 is 2.48 bits per heavy atom. The molecule has 2 aromatic rings. The fourth-order valence-electron chi connectivity index (χ4n) is 3.16. The monoisotopic (exact) mass is 387 g/mol. The third-order valence-corrected chi connectivity index (χ3v) is 5.76. The number of Topliss-reactive ketones (excluding diaryl/α,β-unsaturated/α-hetero) is 1. The number of fused-ring (bicyclic) bond motifs is 1. The Balaban J connectivity index is 1.90. The number of anilines is 1. The van der Waals surface area contributed by atoms with Crippen LogP contribution in [0.5, 0.6) is 0 Å². The number of ether oxygens (including phenoxy) is 1. The molecule has 3 rings (SSSR count). The van der Waals surface area contributed by atoms with Crippen molar-refractivity contribution in [1.82, 2.24) is 0 Å². The van der Waals surface area contributed by atoms with Crippen LogP contribution < -0.4 is 10.2 Å². The van der Waals surface area contributed by atoms with Crippen LogP contribution in [-0.2, 0) is 17.7 Å². The molecule has 2 heterocycles. The van der Waals surface area contributed by atoms with Crippen molar-refractivity contribution in [2.45, 2.75) is 26.8 Å². The van der Waals surface area contributed by atoms with E-state index in [1.54, 1.807) is 31.2 Å². The average Bonchev–Trinajstić information content (AvgIpc) is 2.98. The summed E-state index contributed by atoms with van der Waals surface area (Å²) in [5.41, 5.74) is 2.46. The second-order valence-electron chi connectivity index (χ2n) is 6.65. The molecule has 142 valence electrons. The maximum absolute atomic E-state index is 12.7. The van der Waals surface area contributed by atoms with E-state index in [0.29, 0.717) is 21.7 Å². The molecule has 0 fully saturated rings. The van der Waals surface area contributed by atoms with Crippen LogP contribution >= 0.6 is 11.3 Å². The SMILES string of the molecule is CCOC(=O)c1c(NC(=O)c2ccc(C(C)=O)cc2)sc2c1CC[NH+](C)C2. The molecule has 1 amide bonds. The van der Waals surface area contributed by atoms with Crippen LogP contribution in [0.2, 0.25) is 0 Å². The summed E-state index contributed by atoms with van der Waals surface area (Å²) in [6.45, 7) is 5.31. The topological polar surface area (TPSA) is 76.9 Å². The van der Waals surface area contributed by atoms with Gasteiger partial charge in [0.05, 0.1) is 30.6 Å². The summed E-state index contributed by atoms with van der Waals surface area (Å²) >= 11 is 1.44. The summed E-state index contributed by atoms with van der Waals surface area (Å²) in [6.07, 6.45) is 0.787. The molecular weight excluding hydrogens is 364 g/mol. The van der Waals surface area contributed by atoms with Crippen molar-refractivity contribution in [1.29, 1.82) is 0 Å². The minimum absolute atomic E-state index is 0.0518. The second-order valence-corrected chi connectivity index (χ2v) is 7.76. The molecule has 1 aromatic heterocycles. The van der Waals surface area contributed by atoms with Gasteiger partial charge < -0.3 is 15.0 Å². The molecule has 1 atom stereocenters. The zero-order chi connectivity index (χ0) is 19.6. The maximum Gasteiger partial charge on any atom is 0.341 e. The fourth-order valence-corrected chi connectivity index (χ4v) is 4.50. The smallest absolute Gasteiger partial charge is 0.341 e. The van der Waals surface area contributed by atoms with Crippen LogP contribution in [0.15, 0.2) is 24.3 Å². The minimum atomic E-state index is -0.392. The highest BCUT2D eigenvalue weighted by Crippen LogP contribution is 2.35. The molecule has 1 aliphatic heterocycles. The van der Waals surface area contributed by atoms with E-state index in [1.165, 1.54) is 23.2 Å². The van der Waals surface area contributed by atoms with E-state index in [0.717, 1.165) is 30.0 Å². The number of esters is 1. The Labute approximate surface area is 162 Å². The van der Waals surface area contributed by atoms with Crippen molar-refractivity contribution < 1.29 is 24.0 Å². The summed E-state index contributed by atoms with van der Waals surface area (Å²) in [5.74, 6) is -0.754. The van der Waals surface area contributed by atoms with Gasteiger partial charge in [-0.3, -0.25) is 9.59 Å². The van der Waals surface area contributed by atoms with E-state index < -0.39 is 5.97 Å². The lowest BCUT2D eigenvalue weighted by atomic mass is 10.0. The van der Waals surface area contributed by atoms with E-state index in [9.17, 15) is 14.4 Å². The molecule has 1 aliphatic rings.